The molecule has 0 N–H and O–H groups in total. The number of hydrogen-bond acceptors (Lipinski definition) is 2. The van der Waals surface area contributed by atoms with E-state index in [1.807, 2.05) is 23.1 Å². The fourth-order valence-corrected chi connectivity index (χ4v) is 3.95. The lowest BCUT2D eigenvalue weighted by molar-refractivity contribution is -0.132. The van der Waals surface area contributed by atoms with Gasteiger partial charge in [-0.1, -0.05) is 57.2 Å². The van der Waals surface area contributed by atoms with Crippen LogP contribution < -0.4 is 0 Å². The highest BCUT2D eigenvalue weighted by atomic mass is 16.2. The monoisotopic (exact) mass is 375 g/mol. The van der Waals surface area contributed by atoms with E-state index in [0.29, 0.717) is 6.54 Å². The molecule has 4 rings (SSSR count). The fraction of sp³-hybridized carbons (Fsp3) is 0.417. The molecule has 1 saturated heterocycles. The second-order valence-electron chi connectivity index (χ2n) is 8.78. The van der Waals surface area contributed by atoms with Gasteiger partial charge in [0.25, 0.3) is 0 Å². The first-order valence-electron chi connectivity index (χ1n) is 10.3. The first-order valence-corrected chi connectivity index (χ1v) is 10.3. The number of carbonyl (C=O) groups excluding carboxylic acids is 1. The minimum absolute atomic E-state index is 0.114. The van der Waals surface area contributed by atoms with E-state index in [2.05, 4.69) is 55.7 Å². The van der Waals surface area contributed by atoms with Crippen LogP contribution in [0.25, 0.3) is 22.4 Å². The summed E-state index contributed by atoms with van der Waals surface area (Å²) in [6.07, 6.45) is 3.44. The minimum Gasteiger partial charge on any atom is -0.341 e. The molecule has 2 aromatic carbocycles. The fourth-order valence-electron chi connectivity index (χ4n) is 3.95. The Morgan fingerprint density at radius 2 is 1.64 bits per heavy atom. The van der Waals surface area contributed by atoms with Crippen molar-refractivity contribution in [2.75, 3.05) is 13.1 Å². The quantitative estimate of drug-likeness (QED) is 0.645. The molecule has 146 valence electrons. The number of para-hydroxylation sites is 2. The zero-order valence-electron chi connectivity index (χ0n) is 17.1. The van der Waals surface area contributed by atoms with Crippen LogP contribution in [0.2, 0.25) is 0 Å². The van der Waals surface area contributed by atoms with Gasteiger partial charge in [-0.3, -0.25) is 4.79 Å². The van der Waals surface area contributed by atoms with Gasteiger partial charge in [0.1, 0.15) is 12.4 Å². The number of fused-ring (bicyclic) bond motifs is 1. The van der Waals surface area contributed by atoms with Crippen LogP contribution in [0.4, 0.5) is 0 Å². The third-order valence-corrected chi connectivity index (χ3v) is 5.67. The first kappa shape index (κ1) is 18.7. The molecule has 1 aliphatic rings. The molecule has 4 nitrogen and oxygen atoms in total. The second-order valence-corrected chi connectivity index (χ2v) is 8.78. The van der Waals surface area contributed by atoms with E-state index in [1.54, 1.807) is 0 Å². The number of hydrogen-bond donors (Lipinski definition) is 0. The summed E-state index contributed by atoms with van der Waals surface area (Å²) in [7, 11) is 0. The Labute approximate surface area is 167 Å². The average Bonchev–Trinajstić information content (AvgIpc) is 3.06. The molecule has 1 aliphatic heterocycles. The average molecular weight is 376 g/mol. The standard InChI is InChI=1S/C24H29N3O/c1-24(2,3)19-13-11-18(12-14-19)23-25-20-9-5-6-10-21(20)27(23)17-22(28)26-15-7-4-8-16-26/h5-6,9-14H,4,7-8,15-17H2,1-3H3. The molecule has 28 heavy (non-hydrogen) atoms. The van der Waals surface area contributed by atoms with Gasteiger partial charge >= 0.3 is 0 Å². The van der Waals surface area contributed by atoms with Crippen molar-refractivity contribution in [3.05, 3.63) is 54.1 Å². The third kappa shape index (κ3) is 3.68. The number of likely N-dealkylation sites (tertiary alicyclic amines) is 1. The summed E-state index contributed by atoms with van der Waals surface area (Å²) in [5, 5.41) is 0. The van der Waals surface area contributed by atoms with Crippen molar-refractivity contribution in [1.29, 1.82) is 0 Å². The van der Waals surface area contributed by atoms with E-state index in [4.69, 9.17) is 4.98 Å². The molecular formula is C24H29N3O. The lowest BCUT2D eigenvalue weighted by Crippen LogP contribution is -2.37. The summed E-state index contributed by atoms with van der Waals surface area (Å²) in [6.45, 7) is 8.75. The second kappa shape index (κ2) is 7.42. The predicted octanol–water partition coefficient (Wildman–Crippen LogP) is 5.01. The summed E-state index contributed by atoms with van der Waals surface area (Å²) in [5.41, 5.74) is 4.41. The van der Waals surface area contributed by atoms with Crippen molar-refractivity contribution >= 4 is 16.9 Å². The summed E-state index contributed by atoms with van der Waals surface area (Å²) in [5.74, 6) is 1.06. The zero-order chi connectivity index (χ0) is 19.7. The molecule has 0 unspecified atom stereocenters. The topological polar surface area (TPSA) is 38.1 Å². The van der Waals surface area contributed by atoms with E-state index < -0.39 is 0 Å². The van der Waals surface area contributed by atoms with Crippen molar-refractivity contribution in [2.45, 2.75) is 52.0 Å². The highest BCUT2D eigenvalue weighted by molar-refractivity contribution is 5.84. The number of piperidine rings is 1. The Hall–Kier alpha value is -2.62. The number of aromatic nitrogens is 2. The summed E-state index contributed by atoms with van der Waals surface area (Å²) >= 11 is 0. The van der Waals surface area contributed by atoms with Gasteiger partial charge in [-0.05, 0) is 42.4 Å². The van der Waals surface area contributed by atoms with Crippen molar-refractivity contribution < 1.29 is 4.79 Å². The van der Waals surface area contributed by atoms with Crippen molar-refractivity contribution in [1.82, 2.24) is 14.5 Å². The Morgan fingerprint density at radius 3 is 2.32 bits per heavy atom. The Bertz CT molecular complexity index is 973. The maximum atomic E-state index is 13.0. The largest absolute Gasteiger partial charge is 0.341 e. The number of nitrogens with zero attached hydrogens (tertiary/aromatic N) is 3. The Balaban J connectivity index is 1.72. The van der Waals surface area contributed by atoms with Gasteiger partial charge in [-0.15, -0.1) is 0 Å². The highest BCUT2D eigenvalue weighted by Crippen LogP contribution is 2.28. The number of amides is 1. The van der Waals surface area contributed by atoms with E-state index in [1.165, 1.54) is 12.0 Å². The number of carbonyl (C=O) groups is 1. The van der Waals surface area contributed by atoms with Crippen LogP contribution >= 0.6 is 0 Å². The highest BCUT2D eigenvalue weighted by Gasteiger charge is 2.21. The molecule has 1 aromatic heterocycles. The molecule has 0 radical (unpaired) electrons. The smallest absolute Gasteiger partial charge is 0.242 e. The van der Waals surface area contributed by atoms with E-state index >= 15 is 0 Å². The first-order chi connectivity index (χ1) is 13.4. The van der Waals surface area contributed by atoms with E-state index in [9.17, 15) is 4.79 Å². The number of imidazole rings is 1. The molecule has 1 fully saturated rings. The molecule has 0 atom stereocenters. The van der Waals surface area contributed by atoms with Crippen LogP contribution in [-0.2, 0) is 16.8 Å². The van der Waals surface area contributed by atoms with Crippen LogP contribution in [0.15, 0.2) is 48.5 Å². The minimum atomic E-state index is 0.114. The van der Waals surface area contributed by atoms with Gasteiger partial charge in [0.15, 0.2) is 0 Å². The van der Waals surface area contributed by atoms with Crippen LogP contribution in [0.5, 0.6) is 0 Å². The maximum Gasteiger partial charge on any atom is 0.242 e. The predicted molar refractivity (Wildman–Crippen MR) is 114 cm³/mol. The zero-order valence-corrected chi connectivity index (χ0v) is 17.1. The van der Waals surface area contributed by atoms with Gasteiger partial charge in [0.05, 0.1) is 11.0 Å². The van der Waals surface area contributed by atoms with Gasteiger partial charge in [0.2, 0.25) is 5.91 Å². The summed E-state index contributed by atoms with van der Waals surface area (Å²) in [6, 6.07) is 16.7. The van der Waals surface area contributed by atoms with Crippen LogP contribution in [0, 0.1) is 0 Å². The molecule has 2 heterocycles. The summed E-state index contributed by atoms with van der Waals surface area (Å²) < 4.78 is 2.08. The third-order valence-electron chi connectivity index (χ3n) is 5.67. The van der Waals surface area contributed by atoms with Crippen LogP contribution in [0.1, 0.15) is 45.6 Å². The molecule has 0 spiro atoms. The maximum absolute atomic E-state index is 13.0. The number of benzene rings is 2. The van der Waals surface area contributed by atoms with Crippen molar-refractivity contribution in [3.8, 4) is 11.4 Å². The Morgan fingerprint density at radius 1 is 0.964 bits per heavy atom. The number of rotatable bonds is 3. The van der Waals surface area contributed by atoms with Crippen LogP contribution in [0.3, 0.4) is 0 Å². The van der Waals surface area contributed by atoms with Gasteiger partial charge in [0, 0.05) is 18.7 Å². The van der Waals surface area contributed by atoms with E-state index in [0.717, 1.165) is 48.4 Å². The van der Waals surface area contributed by atoms with Crippen LogP contribution in [-0.4, -0.2) is 33.4 Å². The van der Waals surface area contributed by atoms with Gasteiger partial charge in [-0.2, -0.15) is 0 Å². The van der Waals surface area contributed by atoms with Crippen molar-refractivity contribution in [3.63, 3.8) is 0 Å². The van der Waals surface area contributed by atoms with E-state index in [-0.39, 0.29) is 11.3 Å². The van der Waals surface area contributed by atoms with Gasteiger partial charge in [-0.25, -0.2) is 4.98 Å². The van der Waals surface area contributed by atoms with Gasteiger partial charge < -0.3 is 9.47 Å². The molecule has 1 amide bonds. The molecular weight excluding hydrogens is 346 g/mol. The molecule has 0 saturated carbocycles. The Kier molecular flexibility index (Phi) is 4.96. The SMILES string of the molecule is CC(C)(C)c1ccc(-c2nc3ccccc3n2CC(=O)N2CCCCC2)cc1. The summed E-state index contributed by atoms with van der Waals surface area (Å²) in [4.78, 5) is 19.8. The lowest BCUT2D eigenvalue weighted by atomic mass is 9.87. The molecule has 0 aliphatic carbocycles. The normalized spacial score (nSPS) is 15.2. The van der Waals surface area contributed by atoms with Crippen molar-refractivity contribution in [2.24, 2.45) is 0 Å². The molecule has 0 bridgehead atoms. The molecule has 4 heteroatoms. The lowest BCUT2D eigenvalue weighted by Gasteiger charge is -2.27. The molecule has 3 aromatic rings.